The van der Waals surface area contributed by atoms with Gasteiger partial charge < -0.3 is 0 Å². The predicted octanol–water partition coefficient (Wildman–Crippen LogP) is 10.0. The molecule has 0 aromatic heterocycles. The Labute approximate surface area is 243 Å². The Kier molecular flexibility index (Phi) is 10.00. The first-order chi connectivity index (χ1) is 17.2. The molecule has 0 radical (unpaired) electrons. The first-order valence-corrected chi connectivity index (χ1v) is 15.4. The van der Waals surface area contributed by atoms with E-state index in [-0.39, 0.29) is 10.8 Å². The Morgan fingerprint density at radius 2 is 1.46 bits per heavy atom. The van der Waals surface area contributed by atoms with Gasteiger partial charge in [0.1, 0.15) is 0 Å². The van der Waals surface area contributed by atoms with Gasteiger partial charge in [-0.3, -0.25) is 6.08 Å². The van der Waals surface area contributed by atoms with E-state index in [1.54, 1.807) is 29.8 Å². The monoisotopic (exact) mass is 570 g/mol. The van der Waals surface area contributed by atoms with E-state index in [4.69, 9.17) is 0 Å². The van der Waals surface area contributed by atoms with Crippen LogP contribution in [0.4, 0.5) is 0 Å². The minimum absolute atomic E-state index is 0.177. The Morgan fingerprint density at radius 3 is 2.00 bits per heavy atom. The van der Waals surface area contributed by atoms with Crippen molar-refractivity contribution in [2.24, 2.45) is 5.41 Å². The fourth-order valence-electron chi connectivity index (χ4n) is 5.42. The molecule has 3 aliphatic rings. The van der Waals surface area contributed by atoms with Crippen LogP contribution in [0.5, 0.6) is 0 Å². The molecule has 3 aliphatic carbocycles. The fourth-order valence-corrected chi connectivity index (χ4v) is 5.42. The molecule has 5 rings (SSSR count). The molecule has 1 fully saturated rings. The van der Waals surface area contributed by atoms with Crippen LogP contribution >= 0.6 is 0 Å². The maximum atomic E-state index is 3.53. The molecule has 0 aliphatic heterocycles. The number of benzene rings is 2. The molecule has 0 nitrogen and oxygen atoms in total. The summed E-state index contributed by atoms with van der Waals surface area (Å²) < 4.78 is 1.51. The van der Waals surface area contributed by atoms with Crippen molar-refractivity contribution in [2.45, 2.75) is 118 Å². The van der Waals surface area contributed by atoms with Crippen LogP contribution < -0.4 is 0 Å². The second-order valence-electron chi connectivity index (χ2n) is 13.7. The number of fused-ring (bicyclic) bond motifs is 3. The van der Waals surface area contributed by atoms with E-state index in [0.29, 0.717) is 5.41 Å². The third-order valence-corrected chi connectivity index (χ3v) is 7.88. The maximum absolute atomic E-state index is 3.53. The average Bonchev–Trinajstić information content (AvgIpc) is 3.46. The molecular weight excluding hydrogens is 524 g/mol. The van der Waals surface area contributed by atoms with E-state index < -0.39 is 0 Å². The van der Waals surface area contributed by atoms with Crippen LogP contribution in [-0.4, -0.2) is 3.21 Å². The molecule has 2 aromatic rings. The van der Waals surface area contributed by atoms with Crippen LogP contribution in [0.2, 0.25) is 0 Å². The summed E-state index contributed by atoms with van der Waals surface area (Å²) >= 11 is 1.55. The van der Waals surface area contributed by atoms with Crippen molar-refractivity contribution in [1.29, 1.82) is 0 Å². The van der Waals surface area contributed by atoms with E-state index in [0.717, 1.165) is 12.8 Å². The molecule has 0 bridgehead atoms. The van der Waals surface area contributed by atoms with Crippen LogP contribution in [-0.2, 0) is 41.5 Å². The Hall–Kier alpha value is -1.33. The second kappa shape index (κ2) is 12.2. The molecule has 0 heterocycles. The van der Waals surface area contributed by atoms with Crippen molar-refractivity contribution in [1.82, 2.24) is 0 Å². The van der Waals surface area contributed by atoms with Gasteiger partial charge in [-0.2, -0.15) is 41.0 Å². The zero-order chi connectivity index (χ0) is 27.4. The predicted molar refractivity (Wildman–Crippen MR) is 159 cm³/mol. The standard InChI is InChI=1S/C21H25.C12H17.C3H6.Zr/c1-20(2,3)16-9-7-14-11-15-8-10-17(21(4,5)6)13-19(15)18(14)12-16;1-12(9-5-2-6-10-12)11-7-3-4-8-11;1-3-2;/h7,9-10,12-13H,11H2,1-6H3;7-8H,2-3,5-6,9-10H2,1H3;1-2H3;/q2*-1;;+2. The third kappa shape index (κ3) is 8.08. The zero-order valence-electron chi connectivity index (χ0n) is 25.0. The van der Waals surface area contributed by atoms with Gasteiger partial charge >= 0.3 is 41.3 Å². The summed E-state index contributed by atoms with van der Waals surface area (Å²) in [6.45, 7) is 20.3. The van der Waals surface area contributed by atoms with Crippen LogP contribution in [0.25, 0.3) is 11.1 Å². The van der Waals surface area contributed by atoms with Gasteiger partial charge in [-0.25, -0.2) is 6.08 Å². The molecule has 0 unspecified atom stereocenters. The van der Waals surface area contributed by atoms with Gasteiger partial charge in [0.2, 0.25) is 0 Å². The van der Waals surface area contributed by atoms with E-state index in [9.17, 15) is 0 Å². The Balaban J connectivity index is 0.000000200. The summed E-state index contributed by atoms with van der Waals surface area (Å²) in [5.41, 5.74) is 10.8. The third-order valence-electron chi connectivity index (χ3n) is 7.88. The topological polar surface area (TPSA) is 0 Å². The van der Waals surface area contributed by atoms with E-state index in [1.165, 1.54) is 68.7 Å². The number of hydrogen-bond acceptors (Lipinski definition) is 0. The summed E-state index contributed by atoms with van der Waals surface area (Å²) in [4.78, 5) is 0. The van der Waals surface area contributed by atoms with Crippen LogP contribution in [0.3, 0.4) is 0 Å². The molecule has 1 saturated carbocycles. The minimum atomic E-state index is 0.177. The van der Waals surface area contributed by atoms with E-state index in [1.807, 2.05) is 0 Å². The summed E-state index contributed by atoms with van der Waals surface area (Å²) in [6.07, 6.45) is 17.0. The SMILES string of the molecule is CC(C)(C)c1c[c-]c2c(c1)-c1cc(C(C)(C)C)ccc1C2.CC1(C2=CC[C-]=C2)CCCCC1.C[C](C)=[Zr+2]. The fraction of sp³-hybridized carbons (Fsp3) is 0.528. The Morgan fingerprint density at radius 1 is 0.865 bits per heavy atom. The van der Waals surface area contributed by atoms with Crippen molar-refractivity contribution >= 4 is 3.21 Å². The van der Waals surface area contributed by atoms with Gasteiger partial charge in [0, 0.05) is 0 Å². The molecular formula is C36H48Zr. The first kappa shape index (κ1) is 30.2. The van der Waals surface area contributed by atoms with E-state index >= 15 is 0 Å². The van der Waals surface area contributed by atoms with Gasteiger partial charge in [0.05, 0.1) is 0 Å². The first-order valence-electron chi connectivity index (χ1n) is 14.2. The van der Waals surface area contributed by atoms with Crippen LogP contribution in [0.15, 0.2) is 48.1 Å². The quantitative estimate of drug-likeness (QED) is 0.255. The number of hydrogen-bond donors (Lipinski definition) is 0. The molecule has 2 aromatic carbocycles. The Bertz CT molecular complexity index is 1090. The van der Waals surface area contributed by atoms with Gasteiger partial charge in [-0.05, 0) is 17.4 Å². The zero-order valence-corrected chi connectivity index (χ0v) is 27.4. The van der Waals surface area contributed by atoms with Crippen molar-refractivity contribution < 1.29 is 24.2 Å². The molecule has 0 saturated heterocycles. The molecule has 0 spiro atoms. The van der Waals surface area contributed by atoms with Gasteiger partial charge in [0.15, 0.2) is 0 Å². The van der Waals surface area contributed by atoms with Crippen molar-refractivity contribution in [3.8, 4) is 11.1 Å². The van der Waals surface area contributed by atoms with Gasteiger partial charge in [-0.1, -0.05) is 121 Å². The number of allylic oxidation sites excluding steroid dienone is 4. The summed E-state index contributed by atoms with van der Waals surface area (Å²) in [5.74, 6) is 0. The van der Waals surface area contributed by atoms with E-state index in [2.05, 4.69) is 117 Å². The van der Waals surface area contributed by atoms with Crippen molar-refractivity contribution in [3.63, 3.8) is 0 Å². The summed E-state index contributed by atoms with van der Waals surface area (Å²) in [7, 11) is 0. The molecule has 0 amide bonds. The molecule has 0 atom stereocenters. The molecule has 196 valence electrons. The van der Waals surface area contributed by atoms with Crippen LogP contribution in [0, 0.1) is 17.6 Å². The summed E-state index contributed by atoms with van der Waals surface area (Å²) in [6, 6.07) is 15.1. The average molecular weight is 572 g/mol. The van der Waals surface area contributed by atoms with Crippen molar-refractivity contribution in [3.05, 3.63) is 82.5 Å². The molecule has 37 heavy (non-hydrogen) atoms. The molecule has 1 heteroatoms. The van der Waals surface area contributed by atoms with Crippen molar-refractivity contribution in [2.75, 3.05) is 0 Å². The molecule has 0 N–H and O–H groups in total. The van der Waals surface area contributed by atoms with Crippen LogP contribution in [0.1, 0.15) is 123 Å². The second-order valence-corrected chi connectivity index (χ2v) is 16.1. The number of rotatable bonds is 1. The normalized spacial score (nSPS) is 17.5. The van der Waals surface area contributed by atoms with Gasteiger partial charge in [0.25, 0.3) is 0 Å². The summed E-state index contributed by atoms with van der Waals surface area (Å²) in [5, 5.41) is 0. The van der Waals surface area contributed by atoms with Gasteiger partial charge in [-0.15, -0.1) is 12.0 Å².